The van der Waals surface area contributed by atoms with Crippen molar-refractivity contribution in [3.05, 3.63) is 0 Å². The zero-order valence-electron chi connectivity index (χ0n) is 9.02. The SMILES string of the molecule is O=C1CCCC(N2CCOC(CO)C2)C1. The van der Waals surface area contributed by atoms with Crippen molar-refractivity contribution in [1.29, 1.82) is 0 Å². The highest BCUT2D eigenvalue weighted by Gasteiger charge is 2.29. The van der Waals surface area contributed by atoms with Crippen LogP contribution < -0.4 is 0 Å². The van der Waals surface area contributed by atoms with Gasteiger partial charge in [-0.3, -0.25) is 9.69 Å². The van der Waals surface area contributed by atoms with Crippen LogP contribution in [0.15, 0.2) is 0 Å². The average Bonchev–Trinajstić information content (AvgIpc) is 2.29. The van der Waals surface area contributed by atoms with Crippen molar-refractivity contribution in [2.75, 3.05) is 26.3 Å². The fraction of sp³-hybridized carbons (Fsp3) is 0.909. The van der Waals surface area contributed by atoms with E-state index in [9.17, 15) is 4.79 Å². The molecule has 2 fully saturated rings. The molecule has 0 radical (unpaired) electrons. The van der Waals surface area contributed by atoms with Crippen LogP contribution >= 0.6 is 0 Å². The van der Waals surface area contributed by atoms with E-state index in [4.69, 9.17) is 9.84 Å². The van der Waals surface area contributed by atoms with Crippen molar-refractivity contribution in [1.82, 2.24) is 4.90 Å². The quantitative estimate of drug-likeness (QED) is 0.711. The highest BCUT2D eigenvalue weighted by Crippen LogP contribution is 2.22. The first-order valence-electron chi connectivity index (χ1n) is 5.78. The molecule has 1 aliphatic carbocycles. The van der Waals surface area contributed by atoms with Crippen molar-refractivity contribution in [2.24, 2.45) is 0 Å². The number of nitrogens with zero attached hydrogens (tertiary/aromatic N) is 1. The number of carbonyl (C=O) groups is 1. The number of rotatable bonds is 2. The predicted molar refractivity (Wildman–Crippen MR) is 55.7 cm³/mol. The Kier molecular flexibility index (Phi) is 3.72. The molecule has 1 N–H and O–H groups in total. The van der Waals surface area contributed by atoms with Crippen molar-refractivity contribution in [3.8, 4) is 0 Å². The van der Waals surface area contributed by atoms with Crippen LogP contribution in [0, 0.1) is 0 Å². The van der Waals surface area contributed by atoms with Gasteiger partial charge in [-0.15, -0.1) is 0 Å². The Morgan fingerprint density at radius 3 is 3.13 bits per heavy atom. The average molecular weight is 213 g/mol. The van der Waals surface area contributed by atoms with E-state index in [0.717, 1.165) is 32.4 Å². The van der Waals surface area contributed by atoms with Gasteiger partial charge in [-0.05, 0) is 12.8 Å². The van der Waals surface area contributed by atoms with Crippen LogP contribution in [0.4, 0.5) is 0 Å². The van der Waals surface area contributed by atoms with E-state index in [2.05, 4.69) is 4.90 Å². The lowest BCUT2D eigenvalue weighted by Gasteiger charge is -2.39. The van der Waals surface area contributed by atoms with E-state index in [1.165, 1.54) is 0 Å². The number of hydrogen-bond donors (Lipinski definition) is 1. The zero-order valence-corrected chi connectivity index (χ0v) is 9.02. The van der Waals surface area contributed by atoms with Crippen LogP contribution in [0.5, 0.6) is 0 Å². The van der Waals surface area contributed by atoms with Gasteiger partial charge in [-0.25, -0.2) is 0 Å². The van der Waals surface area contributed by atoms with Crippen molar-refractivity contribution >= 4 is 5.78 Å². The van der Waals surface area contributed by atoms with E-state index in [1.54, 1.807) is 0 Å². The Labute approximate surface area is 90.2 Å². The smallest absolute Gasteiger partial charge is 0.134 e. The van der Waals surface area contributed by atoms with Gasteiger partial charge in [0.05, 0.1) is 19.3 Å². The minimum atomic E-state index is -0.0595. The summed E-state index contributed by atoms with van der Waals surface area (Å²) in [5, 5.41) is 9.04. The van der Waals surface area contributed by atoms with Crippen molar-refractivity contribution < 1.29 is 14.6 Å². The molecule has 4 nitrogen and oxygen atoms in total. The molecule has 0 spiro atoms. The van der Waals surface area contributed by atoms with E-state index in [0.29, 0.717) is 24.9 Å². The second kappa shape index (κ2) is 5.05. The summed E-state index contributed by atoms with van der Waals surface area (Å²) in [6, 6.07) is 0.393. The van der Waals surface area contributed by atoms with Gasteiger partial charge in [-0.2, -0.15) is 0 Å². The molecule has 2 atom stereocenters. The normalized spacial score (nSPS) is 34.3. The summed E-state index contributed by atoms with van der Waals surface area (Å²) in [4.78, 5) is 13.7. The Morgan fingerprint density at radius 1 is 1.53 bits per heavy atom. The molecule has 0 aromatic heterocycles. The van der Waals surface area contributed by atoms with Crippen LogP contribution in [-0.2, 0) is 9.53 Å². The minimum absolute atomic E-state index is 0.0595. The molecular formula is C11H19NO3. The largest absolute Gasteiger partial charge is 0.394 e. The molecule has 1 saturated carbocycles. The maximum Gasteiger partial charge on any atom is 0.134 e. The van der Waals surface area contributed by atoms with Gasteiger partial charge in [0.25, 0.3) is 0 Å². The van der Waals surface area contributed by atoms with Gasteiger partial charge >= 0.3 is 0 Å². The summed E-state index contributed by atoms with van der Waals surface area (Å²) in [6.07, 6.45) is 3.52. The molecule has 0 aromatic carbocycles. The lowest BCUT2D eigenvalue weighted by Crippen LogP contribution is -2.50. The van der Waals surface area contributed by atoms with Crippen molar-refractivity contribution in [3.63, 3.8) is 0 Å². The number of aliphatic hydroxyl groups is 1. The van der Waals surface area contributed by atoms with E-state index in [1.807, 2.05) is 0 Å². The van der Waals surface area contributed by atoms with Crippen LogP contribution in [-0.4, -0.2) is 54.2 Å². The lowest BCUT2D eigenvalue weighted by atomic mass is 9.92. The summed E-state index contributed by atoms with van der Waals surface area (Å²) in [5.74, 6) is 0.387. The third-order valence-electron chi connectivity index (χ3n) is 3.35. The molecule has 2 aliphatic rings. The highest BCUT2D eigenvalue weighted by atomic mass is 16.5. The zero-order chi connectivity index (χ0) is 10.7. The number of ether oxygens (including phenoxy) is 1. The topological polar surface area (TPSA) is 49.8 Å². The van der Waals surface area contributed by atoms with Crippen LogP contribution in [0.1, 0.15) is 25.7 Å². The molecule has 15 heavy (non-hydrogen) atoms. The summed E-state index contributed by atoms with van der Waals surface area (Å²) < 4.78 is 5.40. The molecule has 4 heteroatoms. The first kappa shape index (κ1) is 11.0. The number of ketones is 1. The van der Waals surface area contributed by atoms with E-state index >= 15 is 0 Å². The molecule has 2 unspecified atom stereocenters. The van der Waals surface area contributed by atoms with E-state index < -0.39 is 0 Å². The molecule has 1 aliphatic heterocycles. The Balaban J connectivity index is 1.88. The van der Waals surface area contributed by atoms with Crippen LogP contribution in [0.3, 0.4) is 0 Å². The number of Topliss-reactive ketones (excluding diaryl/α,β-unsaturated/α-hetero) is 1. The van der Waals surface area contributed by atoms with Crippen molar-refractivity contribution in [2.45, 2.75) is 37.8 Å². The molecule has 1 saturated heterocycles. The molecule has 2 rings (SSSR count). The summed E-state index contributed by atoms with van der Waals surface area (Å²) >= 11 is 0. The molecular weight excluding hydrogens is 194 g/mol. The third-order valence-corrected chi connectivity index (χ3v) is 3.35. The Bertz CT molecular complexity index is 232. The Morgan fingerprint density at radius 2 is 2.40 bits per heavy atom. The van der Waals surface area contributed by atoms with Gasteiger partial charge in [0.1, 0.15) is 5.78 Å². The molecule has 0 bridgehead atoms. The first-order chi connectivity index (χ1) is 7.29. The van der Waals surface area contributed by atoms with Crippen LogP contribution in [0.25, 0.3) is 0 Å². The number of carbonyl (C=O) groups excluding carboxylic acids is 1. The maximum absolute atomic E-state index is 11.4. The highest BCUT2D eigenvalue weighted by molar-refractivity contribution is 5.79. The molecule has 86 valence electrons. The van der Waals surface area contributed by atoms with Gasteiger partial charge in [-0.1, -0.05) is 0 Å². The monoisotopic (exact) mass is 213 g/mol. The lowest BCUT2D eigenvalue weighted by molar-refractivity contribution is -0.124. The number of morpholine rings is 1. The minimum Gasteiger partial charge on any atom is -0.394 e. The van der Waals surface area contributed by atoms with Gasteiger partial charge in [0.2, 0.25) is 0 Å². The van der Waals surface area contributed by atoms with Gasteiger partial charge in [0, 0.05) is 32.0 Å². The fourth-order valence-electron chi connectivity index (χ4n) is 2.50. The number of aliphatic hydroxyl groups excluding tert-OH is 1. The third kappa shape index (κ3) is 2.77. The van der Waals surface area contributed by atoms with Crippen LogP contribution in [0.2, 0.25) is 0 Å². The second-order valence-corrected chi connectivity index (χ2v) is 4.46. The molecule has 0 aromatic rings. The standard InChI is InChI=1S/C11H19NO3/c13-8-11-7-12(4-5-15-11)9-2-1-3-10(14)6-9/h9,11,13H,1-8H2. The summed E-state index contributed by atoms with van der Waals surface area (Å²) in [6.45, 7) is 2.43. The summed E-state index contributed by atoms with van der Waals surface area (Å²) in [7, 11) is 0. The molecule has 0 amide bonds. The van der Waals surface area contributed by atoms with E-state index in [-0.39, 0.29) is 12.7 Å². The Hall–Kier alpha value is -0.450. The van der Waals surface area contributed by atoms with Gasteiger partial charge in [0.15, 0.2) is 0 Å². The number of hydrogen-bond acceptors (Lipinski definition) is 4. The second-order valence-electron chi connectivity index (χ2n) is 4.46. The maximum atomic E-state index is 11.4. The first-order valence-corrected chi connectivity index (χ1v) is 5.78. The summed E-state index contributed by atoms with van der Waals surface area (Å²) in [5.41, 5.74) is 0. The molecule has 1 heterocycles. The van der Waals surface area contributed by atoms with Gasteiger partial charge < -0.3 is 9.84 Å². The predicted octanol–water partition coefficient (Wildman–Crippen LogP) is 0.191. The fourth-order valence-corrected chi connectivity index (χ4v) is 2.50.